The maximum absolute atomic E-state index is 9.06. The van der Waals surface area contributed by atoms with Gasteiger partial charge in [0.05, 0.1) is 19.8 Å². The van der Waals surface area contributed by atoms with Crippen LogP contribution in [0.1, 0.15) is 11.6 Å². The van der Waals surface area contributed by atoms with Gasteiger partial charge in [-0.3, -0.25) is 9.80 Å². The van der Waals surface area contributed by atoms with Gasteiger partial charge in [0.2, 0.25) is 0 Å². The van der Waals surface area contributed by atoms with E-state index in [1.165, 1.54) is 5.56 Å². The first kappa shape index (κ1) is 13.3. The maximum atomic E-state index is 9.06. The van der Waals surface area contributed by atoms with E-state index in [0.29, 0.717) is 6.04 Å². The zero-order chi connectivity index (χ0) is 13.0. The number of hydrogen-bond acceptors (Lipinski definition) is 4. The van der Waals surface area contributed by atoms with Crippen molar-refractivity contribution in [3.05, 3.63) is 29.8 Å². The van der Waals surface area contributed by atoms with Crippen molar-refractivity contribution in [3.8, 4) is 5.75 Å². The van der Waals surface area contributed by atoms with Crippen molar-refractivity contribution in [3.63, 3.8) is 0 Å². The molecule has 0 bridgehead atoms. The molecule has 0 aromatic heterocycles. The van der Waals surface area contributed by atoms with E-state index in [1.807, 2.05) is 12.1 Å². The van der Waals surface area contributed by atoms with Gasteiger partial charge in [0.1, 0.15) is 5.75 Å². The molecule has 1 aromatic rings. The van der Waals surface area contributed by atoms with E-state index in [9.17, 15) is 0 Å². The Hall–Kier alpha value is -1.10. The standard InChI is InChI=1S/C14H22N2O2/c1-15-7-8-16(9-10-17)11-13(15)12-5-3-4-6-14(12)18-2/h3-6,13,17H,7-11H2,1-2H3/t13-/m1/s1. The third kappa shape index (κ3) is 2.83. The Bertz CT molecular complexity index is 384. The molecule has 1 aromatic carbocycles. The molecule has 100 valence electrons. The highest BCUT2D eigenvalue weighted by Gasteiger charge is 2.27. The summed E-state index contributed by atoms with van der Waals surface area (Å²) in [7, 11) is 3.86. The Kier molecular flexibility index (Phi) is 4.58. The molecule has 1 N–H and O–H groups in total. The number of methoxy groups -OCH3 is 1. The number of ether oxygens (including phenoxy) is 1. The summed E-state index contributed by atoms with van der Waals surface area (Å²) in [4.78, 5) is 4.66. The van der Waals surface area contributed by atoms with Crippen LogP contribution in [0, 0.1) is 0 Å². The molecule has 1 atom stereocenters. The van der Waals surface area contributed by atoms with Crippen molar-refractivity contribution in [2.45, 2.75) is 6.04 Å². The minimum Gasteiger partial charge on any atom is -0.496 e. The van der Waals surface area contributed by atoms with Crippen LogP contribution in [0.4, 0.5) is 0 Å². The molecule has 1 fully saturated rings. The fourth-order valence-electron chi connectivity index (χ4n) is 2.55. The molecule has 0 unspecified atom stereocenters. The first-order valence-corrected chi connectivity index (χ1v) is 6.42. The molecule has 4 nitrogen and oxygen atoms in total. The minimum atomic E-state index is 0.225. The van der Waals surface area contributed by atoms with Gasteiger partial charge in [0.15, 0.2) is 0 Å². The Labute approximate surface area is 109 Å². The van der Waals surface area contributed by atoms with Gasteiger partial charge in [-0.2, -0.15) is 0 Å². The summed E-state index contributed by atoms with van der Waals surface area (Å²) in [6.07, 6.45) is 0. The molecule has 0 spiro atoms. The molecular weight excluding hydrogens is 228 g/mol. The lowest BCUT2D eigenvalue weighted by Gasteiger charge is -2.39. The van der Waals surface area contributed by atoms with Gasteiger partial charge in [0.25, 0.3) is 0 Å². The second-order valence-corrected chi connectivity index (χ2v) is 4.76. The third-order valence-electron chi connectivity index (χ3n) is 3.65. The van der Waals surface area contributed by atoms with Gasteiger partial charge < -0.3 is 9.84 Å². The van der Waals surface area contributed by atoms with Gasteiger partial charge in [0, 0.05) is 31.7 Å². The van der Waals surface area contributed by atoms with Crippen LogP contribution in [0.15, 0.2) is 24.3 Å². The van der Waals surface area contributed by atoms with Crippen LogP contribution in [-0.2, 0) is 0 Å². The minimum absolute atomic E-state index is 0.225. The monoisotopic (exact) mass is 250 g/mol. The number of rotatable bonds is 4. The lowest BCUT2D eigenvalue weighted by molar-refractivity contribution is 0.0799. The second kappa shape index (κ2) is 6.18. The predicted molar refractivity (Wildman–Crippen MR) is 71.9 cm³/mol. The first-order valence-electron chi connectivity index (χ1n) is 6.42. The summed E-state index contributed by atoms with van der Waals surface area (Å²) >= 11 is 0. The Morgan fingerprint density at radius 3 is 2.83 bits per heavy atom. The van der Waals surface area contributed by atoms with Gasteiger partial charge in [-0.25, -0.2) is 0 Å². The molecule has 1 heterocycles. The average molecular weight is 250 g/mol. The summed E-state index contributed by atoms with van der Waals surface area (Å²) < 4.78 is 5.45. The lowest BCUT2D eigenvalue weighted by atomic mass is 10.0. The van der Waals surface area contributed by atoms with E-state index in [4.69, 9.17) is 9.84 Å². The van der Waals surface area contributed by atoms with Crippen molar-refractivity contribution in [2.75, 3.05) is 46.9 Å². The normalized spacial score (nSPS) is 22.1. The van der Waals surface area contributed by atoms with Crippen molar-refractivity contribution in [1.82, 2.24) is 9.80 Å². The number of likely N-dealkylation sites (N-methyl/N-ethyl adjacent to an activating group) is 1. The number of hydrogen-bond donors (Lipinski definition) is 1. The van der Waals surface area contributed by atoms with E-state index in [1.54, 1.807) is 7.11 Å². The van der Waals surface area contributed by atoms with Crippen molar-refractivity contribution < 1.29 is 9.84 Å². The zero-order valence-electron chi connectivity index (χ0n) is 11.2. The van der Waals surface area contributed by atoms with Crippen LogP contribution >= 0.6 is 0 Å². The molecular formula is C14H22N2O2. The SMILES string of the molecule is COc1ccccc1[C@H]1CN(CCO)CCN1C. The largest absolute Gasteiger partial charge is 0.496 e. The molecule has 2 rings (SSSR count). The molecule has 0 saturated carbocycles. The van der Waals surface area contributed by atoms with E-state index < -0.39 is 0 Å². The number of benzene rings is 1. The molecule has 0 amide bonds. The second-order valence-electron chi connectivity index (χ2n) is 4.76. The van der Waals surface area contributed by atoms with E-state index in [2.05, 4.69) is 29.0 Å². The predicted octanol–water partition coefficient (Wildman–Crippen LogP) is 0.976. The number of piperazine rings is 1. The van der Waals surface area contributed by atoms with Crippen molar-refractivity contribution >= 4 is 0 Å². The quantitative estimate of drug-likeness (QED) is 0.864. The summed E-state index contributed by atoms with van der Waals surface area (Å²) in [5.74, 6) is 0.945. The third-order valence-corrected chi connectivity index (χ3v) is 3.65. The summed E-state index contributed by atoms with van der Waals surface area (Å²) in [6.45, 7) is 3.95. The zero-order valence-corrected chi connectivity index (χ0v) is 11.2. The number of nitrogens with zero attached hydrogens (tertiary/aromatic N) is 2. The number of para-hydroxylation sites is 1. The van der Waals surface area contributed by atoms with Crippen LogP contribution in [0.25, 0.3) is 0 Å². The molecule has 1 aliphatic heterocycles. The topological polar surface area (TPSA) is 35.9 Å². The highest BCUT2D eigenvalue weighted by atomic mass is 16.5. The average Bonchev–Trinajstić information content (AvgIpc) is 2.41. The van der Waals surface area contributed by atoms with E-state index in [-0.39, 0.29) is 6.61 Å². The smallest absolute Gasteiger partial charge is 0.123 e. The van der Waals surface area contributed by atoms with E-state index >= 15 is 0 Å². The summed E-state index contributed by atoms with van der Waals surface area (Å²) in [5, 5.41) is 9.06. The Morgan fingerprint density at radius 1 is 1.33 bits per heavy atom. The molecule has 4 heteroatoms. The molecule has 1 saturated heterocycles. The van der Waals surface area contributed by atoms with E-state index in [0.717, 1.165) is 31.9 Å². The number of aliphatic hydroxyl groups is 1. The highest BCUT2D eigenvalue weighted by molar-refractivity contribution is 5.36. The van der Waals surface area contributed by atoms with Crippen molar-refractivity contribution in [2.24, 2.45) is 0 Å². The fraction of sp³-hybridized carbons (Fsp3) is 0.571. The highest BCUT2D eigenvalue weighted by Crippen LogP contribution is 2.30. The summed E-state index contributed by atoms with van der Waals surface area (Å²) in [5.41, 5.74) is 1.23. The molecule has 18 heavy (non-hydrogen) atoms. The van der Waals surface area contributed by atoms with Crippen LogP contribution in [-0.4, -0.2) is 61.8 Å². The Balaban J connectivity index is 2.18. The van der Waals surface area contributed by atoms with Crippen molar-refractivity contribution in [1.29, 1.82) is 0 Å². The van der Waals surface area contributed by atoms with Crippen LogP contribution in [0.5, 0.6) is 5.75 Å². The van der Waals surface area contributed by atoms with Gasteiger partial charge in [-0.15, -0.1) is 0 Å². The first-order chi connectivity index (χ1) is 8.76. The maximum Gasteiger partial charge on any atom is 0.123 e. The van der Waals surface area contributed by atoms with Crippen LogP contribution in [0.2, 0.25) is 0 Å². The Morgan fingerprint density at radius 2 is 2.11 bits per heavy atom. The number of β-amino-alcohol motifs (C(OH)–C–C–N with tert-alkyl or cyclic N) is 1. The molecule has 0 radical (unpaired) electrons. The number of aliphatic hydroxyl groups excluding tert-OH is 1. The van der Waals surface area contributed by atoms with Gasteiger partial charge in [-0.1, -0.05) is 18.2 Å². The molecule has 0 aliphatic carbocycles. The summed E-state index contributed by atoms with van der Waals surface area (Å²) in [6, 6.07) is 8.52. The molecule has 1 aliphatic rings. The van der Waals surface area contributed by atoms with Crippen LogP contribution in [0.3, 0.4) is 0 Å². The van der Waals surface area contributed by atoms with Gasteiger partial charge in [-0.05, 0) is 13.1 Å². The lowest BCUT2D eigenvalue weighted by Crippen LogP contribution is -2.47. The van der Waals surface area contributed by atoms with Gasteiger partial charge >= 0.3 is 0 Å². The van der Waals surface area contributed by atoms with Crippen LogP contribution < -0.4 is 4.74 Å². The fourth-order valence-corrected chi connectivity index (χ4v) is 2.55.